The third-order valence-electron chi connectivity index (χ3n) is 2.77. The van der Waals surface area contributed by atoms with E-state index in [0.717, 1.165) is 25.1 Å². The third-order valence-corrected chi connectivity index (χ3v) is 4.05. The molecule has 2 nitrogen and oxygen atoms in total. The Bertz CT molecular complexity index is 353. The van der Waals surface area contributed by atoms with Crippen molar-refractivity contribution < 1.29 is 4.79 Å². The van der Waals surface area contributed by atoms with Crippen LogP contribution in [0.1, 0.15) is 23.4 Å². The second kappa shape index (κ2) is 4.71. The first kappa shape index (κ1) is 10.6. The van der Waals surface area contributed by atoms with Gasteiger partial charge in [-0.05, 0) is 30.2 Å². The van der Waals surface area contributed by atoms with Gasteiger partial charge in [0.2, 0.25) is 6.41 Å². The zero-order valence-corrected chi connectivity index (χ0v) is 9.67. The van der Waals surface area contributed by atoms with Crippen LogP contribution in [0.25, 0.3) is 0 Å². The van der Waals surface area contributed by atoms with Gasteiger partial charge in [-0.1, -0.05) is 24.3 Å². The van der Waals surface area contributed by atoms with Crippen LogP contribution in [0.5, 0.6) is 0 Å². The Labute approximate surface area is 94.7 Å². The summed E-state index contributed by atoms with van der Waals surface area (Å²) in [5.74, 6) is 1.10. The summed E-state index contributed by atoms with van der Waals surface area (Å²) in [6.07, 6.45) is 2.08. The van der Waals surface area contributed by atoms with Crippen molar-refractivity contribution in [3.8, 4) is 0 Å². The maximum absolute atomic E-state index is 11.0. The van der Waals surface area contributed by atoms with E-state index in [9.17, 15) is 4.79 Å². The average molecular weight is 221 g/mol. The molecule has 0 saturated carbocycles. The van der Waals surface area contributed by atoms with Crippen LogP contribution in [0, 0.1) is 0 Å². The van der Waals surface area contributed by atoms with Crippen molar-refractivity contribution in [1.82, 2.24) is 4.90 Å². The molecule has 15 heavy (non-hydrogen) atoms. The van der Waals surface area contributed by atoms with E-state index >= 15 is 0 Å². The number of carbonyl (C=O) groups is 1. The number of amides is 1. The lowest BCUT2D eigenvalue weighted by atomic mass is 10.0. The second-order valence-corrected chi connectivity index (χ2v) is 4.80. The molecule has 0 N–H and O–H groups in total. The Morgan fingerprint density at radius 3 is 3.07 bits per heavy atom. The van der Waals surface area contributed by atoms with Crippen molar-refractivity contribution in [1.29, 1.82) is 0 Å². The minimum absolute atomic E-state index is 0.220. The molecule has 1 heterocycles. The quantitative estimate of drug-likeness (QED) is 0.731. The van der Waals surface area contributed by atoms with Crippen LogP contribution in [0.4, 0.5) is 0 Å². The molecular weight excluding hydrogens is 206 g/mol. The van der Waals surface area contributed by atoms with Gasteiger partial charge < -0.3 is 4.90 Å². The smallest absolute Gasteiger partial charge is 0.210 e. The van der Waals surface area contributed by atoms with Gasteiger partial charge in [-0.15, -0.1) is 11.8 Å². The monoisotopic (exact) mass is 221 g/mol. The molecule has 1 aromatic carbocycles. The number of nitrogens with zero attached hydrogens (tertiary/aromatic N) is 1. The van der Waals surface area contributed by atoms with Gasteiger partial charge >= 0.3 is 0 Å². The zero-order chi connectivity index (χ0) is 10.7. The summed E-state index contributed by atoms with van der Waals surface area (Å²) in [7, 11) is 0. The maximum Gasteiger partial charge on any atom is 0.210 e. The van der Waals surface area contributed by atoms with Gasteiger partial charge in [0.25, 0.3) is 0 Å². The van der Waals surface area contributed by atoms with Gasteiger partial charge in [-0.2, -0.15) is 0 Å². The standard InChI is InChI=1S/C12H15NOS/c1-2-13(9-14)12-11-6-4-3-5-10(11)7-8-15-12/h3-6,9,12H,2,7-8H2,1H3. The predicted octanol–water partition coefficient (Wildman–Crippen LogP) is 2.45. The number of hydrogen-bond acceptors (Lipinski definition) is 2. The van der Waals surface area contributed by atoms with E-state index in [0.29, 0.717) is 0 Å². The van der Waals surface area contributed by atoms with Crippen LogP contribution >= 0.6 is 11.8 Å². The molecule has 2 rings (SSSR count). The third kappa shape index (κ3) is 2.02. The van der Waals surface area contributed by atoms with Crippen molar-refractivity contribution in [2.24, 2.45) is 0 Å². The van der Waals surface area contributed by atoms with E-state index in [2.05, 4.69) is 24.3 Å². The molecule has 1 unspecified atom stereocenters. The SMILES string of the molecule is CCN(C=O)C1SCCc2ccccc21. The van der Waals surface area contributed by atoms with Crippen molar-refractivity contribution in [2.75, 3.05) is 12.3 Å². The van der Waals surface area contributed by atoms with Crippen molar-refractivity contribution in [3.63, 3.8) is 0 Å². The highest BCUT2D eigenvalue weighted by molar-refractivity contribution is 7.99. The summed E-state index contributed by atoms with van der Waals surface area (Å²) in [5, 5.41) is 0.220. The molecule has 0 radical (unpaired) electrons. The van der Waals surface area contributed by atoms with Crippen LogP contribution in [-0.2, 0) is 11.2 Å². The highest BCUT2D eigenvalue weighted by atomic mass is 32.2. The van der Waals surface area contributed by atoms with Gasteiger partial charge in [0, 0.05) is 6.54 Å². The summed E-state index contributed by atoms with van der Waals surface area (Å²) in [6, 6.07) is 8.43. The van der Waals surface area contributed by atoms with Gasteiger partial charge in [0.1, 0.15) is 5.37 Å². The molecule has 3 heteroatoms. The van der Waals surface area contributed by atoms with Crippen molar-refractivity contribution >= 4 is 18.2 Å². The molecule has 0 aliphatic carbocycles. The number of rotatable bonds is 3. The summed E-state index contributed by atoms with van der Waals surface area (Å²) in [4.78, 5) is 12.8. The van der Waals surface area contributed by atoms with E-state index in [1.54, 1.807) is 0 Å². The second-order valence-electron chi connectivity index (χ2n) is 3.61. The number of fused-ring (bicyclic) bond motifs is 1. The molecule has 0 fully saturated rings. The molecule has 0 bridgehead atoms. The fourth-order valence-corrected chi connectivity index (χ4v) is 3.30. The van der Waals surface area contributed by atoms with Crippen LogP contribution in [-0.4, -0.2) is 23.6 Å². The summed E-state index contributed by atoms with van der Waals surface area (Å²) in [6.45, 7) is 2.79. The minimum atomic E-state index is 0.220. The predicted molar refractivity (Wildman–Crippen MR) is 63.8 cm³/mol. The molecule has 80 valence electrons. The van der Waals surface area contributed by atoms with Gasteiger partial charge in [0.15, 0.2) is 0 Å². The van der Waals surface area contributed by atoms with Crippen molar-refractivity contribution in [3.05, 3.63) is 35.4 Å². The van der Waals surface area contributed by atoms with Gasteiger partial charge in [-0.3, -0.25) is 4.79 Å². The first-order valence-electron chi connectivity index (χ1n) is 5.27. The van der Waals surface area contributed by atoms with Crippen molar-refractivity contribution in [2.45, 2.75) is 18.7 Å². The fraction of sp³-hybridized carbons (Fsp3) is 0.417. The first-order chi connectivity index (χ1) is 7.36. The molecule has 1 amide bonds. The van der Waals surface area contributed by atoms with E-state index in [-0.39, 0.29) is 5.37 Å². The number of carbonyl (C=O) groups excluding carboxylic acids is 1. The van der Waals surface area contributed by atoms with Crippen LogP contribution in [0.3, 0.4) is 0 Å². The molecule has 0 aromatic heterocycles. The first-order valence-corrected chi connectivity index (χ1v) is 6.32. The lowest BCUT2D eigenvalue weighted by molar-refractivity contribution is -0.118. The average Bonchev–Trinajstić information content (AvgIpc) is 2.31. The Hall–Kier alpha value is -0.960. The van der Waals surface area contributed by atoms with E-state index in [1.807, 2.05) is 23.6 Å². The highest BCUT2D eigenvalue weighted by Crippen LogP contribution is 2.38. The lowest BCUT2D eigenvalue weighted by Gasteiger charge is -2.32. The van der Waals surface area contributed by atoms with Crippen LogP contribution in [0.2, 0.25) is 0 Å². The number of hydrogen-bond donors (Lipinski definition) is 0. The number of benzene rings is 1. The highest BCUT2D eigenvalue weighted by Gasteiger charge is 2.24. The summed E-state index contributed by atoms with van der Waals surface area (Å²) >= 11 is 1.86. The topological polar surface area (TPSA) is 20.3 Å². The molecule has 1 aromatic rings. The number of thioether (sulfide) groups is 1. The largest absolute Gasteiger partial charge is 0.329 e. The maximum atomic E-state index is 11.0. The Kier molecular flexibility index (Phi) is 3.31. The number of aryl methyl sites for hydroxylation is 1. The van der Waals surface area contributed by atoms with E-state index < -0.39 is 0 Å². The minimum Gasteiger partial charge on any atom is -0.329 e. The molecular formula is C12H15NOS. The zero-order valence-electron chi connectivity index (χ0n) is 8.85. The Morgan fingerprint density at radius 1 is 1.53 bits per heavy atom. The van der Waals surface area contributed by atoms with E-state index in [4.69, 9.17) is 0 Å². The van der Waals surface area contributed by atoms with Crippen LogP contribution < -0.4 is 0 Å². The van der Waals surface area contributed by atoms with Gasteiger partial charge in [-0.25, -0.2) is 0 Å². The molecule has 0 saturated heterocycles. The fourth-order valence-electron chi connectivity index (χ4n) is 1.94. The molecule has 1 aliphatic heterocycles. The lowest BCUT2D eigenvalue weighted by Crippen LogP contribution is -2.28. The molecule has 1 aliphatic rings. The van der Waals surface area contributed by atoms with Gasteiger partial charge in [0.05, 0.1) is 0 Å². The Balaban J connectivity index is 2.32. The summed E-state index contributed by atoms with van der Waals surface area (Å²) < 4.78 is 0. The van der Waals surface area contributed by atoms with E-state index in [1.165, 1.54) is 11.1 Å². The molecule has 1 atom stereocenters. The normalized spacial score (nSPS) is 19.4. The molecule has 0 spiro atoms. The Morgan fingerprint density at radius 2 is 2.33 bits per heavy atom. The van der Waals surface area contributed by atoms with Crippen LogP contribution in [0.15, 0.2) is 24.3 Å². The summed E-state index contributed by atoms with van der Waals surface area (Å²) in [5.41, 5.74) is 2.70.